The van der Waals surface area contributed by atoms with Crippen LogP contribution in [0.1, 0.15) is 11.1 Å². The van der Waals surface area contributed by atoms with Gasteiger partial charge in [0.05, 0.1) is 11.7 Å². The van der Waals surface area contributed by atoms with Crippen molar-refractivity contribution < 1.29 is 9.18 Å². The first kappa shape index (κ1) is 19.6. The lowest BCUT2D eigenvalue weighted by Gasteiger charge is -2.44. The minimum absolute atomic E-state index is 0.0138. The van der Waals surface area contributed by atoms with Crippen LogP contribution in [0, 0.1) is 12.7 Å². The van der Waals surface area contributed by atoms with Crippen LogP contribution in [0.2, 0.25) is 0 Å². The van der Waals surface area contributed by atoms with Gasteiger partial charge >= 0.3 is 0 Å². The van der Waals surface area contributed by atoms with Gasteiger partial charge in [-0.3, -0.25) is 15.0 Å². The number of carbonyl (C=O) groups is 1. The summed E-state index contributed by atoms with van der Waals surface area (Å²) in [5.41, 5.74) is 4.21. The van der Waals surface area contributed by atoms with E-state index in [1.54, 1.807) is 17.8 Å². The highest BCUT2D eigenvalue weighted by Gasteiger charge is 2.43. The molecule has 0 spiro atoms. The van der Waals surface area contributed by atoms with E-state index in [1.807, 2.05) is 12.1 Å². The molecule has 3 aliphatic heterocycles. The highest BCUT2D eigenvalue weighted by molar-refractivity contribution is 8.04. The summed E-state index contributed by atoms with van der Waals surface area (Å²) < 4.78 is 14.1. The summed E-state index contributed by atoms with van der Waals surface area (Å²) in [6, 6.07) is 15.3. The van der Waals surface area contributed by atoms with Crippen molar-refractivity contribution in [3.8, 4) is 0 Å². The highest BCUT2D eigenvalue weighted by atomic mass is 32.2. The van der Waals surface area contributed by atoms with Crippen LogP contribution in [0.3, 0.4) is 0 Å². The third-order valence-electron chi connectivity index (χ3n) is 6.08. The molecular weight excluding hydrogens is 399 g/mol. The largest absolute Gasteiger partial charge is 0.367 e. The van der Waals surface area contributed by atoms with Crippen LogP contribution in [0.4, 0.5) is 10.1 Å². The van der Waals surface area contributed by atoms with Crippen molar-refractivity contribution in [1.29, 1.82) is 0 Å². The first-order chi connectivity index (χ1) is 14.6. The molecule has 5 nitrogen and oxygen atoms in total. The second-order valence-corrected chi connectivity index (χ2v) is 9.04. The van der Waals surface area contributed by atoms with Crippen molar-refractivity contribution >= 4 is 28.9 Å². The minimum Gasteiger partial charge on any atom is -0.367 e. The normalized spacial score (nSPS) is 26.9. The quantitative estimate of drug-likeness (QED) is 0.794. The monoisotopic (exact) mass is 424 g/mol. The van der Waals surface area contributed by atoms with E-state index in [-0.39, 0.29) is 29.3 Å². The van der Waals surface area contributed by atoms with Crippen molar-refractivity contribution in [1.82, 2.24) is 15.5 Å². The average Bonchev–Trinajstić information content (AvgIpc) is 3.19. The number of rotatable bonds is 3. The SMILES string of the molecule is Cc1cccc(C2=CSC3C(=O)NC(N4CCN(c5ccccc5F)CC4)NC23)c1. The van der Waals surface area contributed by atoms with Crippen LogP contribution in [-0.2, 0) is 4.79 Å². The van der Waals surface area contributed by atoms with E-state index in [2.05, 4.69) is 57.0 Å². The molecule has 0 saturated carbocycles. The maximum absolute atomic E-state index is 14.1. The maximum Gasteiger partial charge on any atom is 0.237 e. The number of halogens is 1. The molecule has 156 valence electrons. The van der Waals surface area contributed by atoms with E-state index in [4.69, 9.17) is 0 Å². The van der Waals surface area contributed by atoms with Crippen molar-refractivity contribution in [3.05, 3.63) is 70.9 Å². The van der Waals surface area contributed by atoms with E-state index >= 15 is 0 Å². The molecule has 3 atom stereocenters. The fourth-order valence-corrected chi connectivity index (χ4v) is 5.63. The molecule has 30 heavy (non-hydrogen) atoms. The smallest absolute Gasteiger partial charge is 0.237 e. The lowest BCUT2D eigenvalue weighted by Crippen LogP contribution is -2.69. The Morgan fingerprint density at radius 2 is 1.87 bits per heavy atom. The Morgan fingerprint density at radius 1 is 1.07 bits per heavy atom. The molecule has 1 amide bonds. The Morgan fingerprint density at radius 3 is 2.63 bits per heavy atom. The molecule has 2 aromatic carbocycles. The summed E-state index contributed by atoms with van der Waals surface area (Å²) >= 11 is 1.59. The second-order valence-electron chi connectivity index (χ2n) is 8.03. The summed E-state index contributed by atoms with van der Waals surface area (Å²) in [4.78, 5) is 17.1. The van der Waals surface area contributed by atoms with Crippen molar-refractivity contribution in [2.24, 2.45) is 0 Å². The van der Waals surface area contributed by atoms with E-state index < -0.39 is 0 Å². The van der Waals surface area contributed by atoms with Gasteiger partial charge in [0.25, 0.3) is 0 Å². The van der Waals surface area contributed by atoms with Gasteiger partial charge in [-0.05, 0) is 35.6 Å². The van der Waals surface area contributed by atoms with Crippen LogP contribution in [-0.4, -0.2) is 54.6 Å². The minimum atomic E-state index is -0.214. The third-order valence-corrected chi connectivity index (χ3v) is 7.25. The molecule has 3 aliphatic rings. The van der Waals surface area contributed by atoms with Crippen LogP contribution in [0.25, 0.3) is 5.57 Å². The number of para-hydroxylation sites is 1. The number of thioether (sulfide) groups is 1. The van der Waals surface area contributed by atoms with Gasteiger partial charge in [-0.15, -0.1) is 11.8 Å². The third kappa shape index (κ3) is 3.62. The zero-order valence-electron chi connectivity index (χ0n) is 16.8. The van der Waals surface area contributed by atoms with Crippen molar-refractivity contribution in [2.45, 2.75) is 24.5 Å². The number of carbonyl (C=O) groups excluding carboxylic acids is 1. The summed E-state index contributed by atoms with van der Waals surface area (Å²) in [6.07, 6.45) is -0.214. The predicted molar refractivity (Wildman–Crippen MR) is 120 cm³/mol. The molecule has 2 saturated heterocycles. The lowest BCUT2D eigenvalue weighted by atomic mass is 9.95. The molecule has 7 heteroatoms. The van der Waals surface area contributed by atoms with E-state index in [0.29, 0.717) is 5.69 Å². The molecule has 2 fully saturated rings. The van der Waals surface area contributed by atoms with Gasteiger partial charge in [-0.25, -0.2) is 4.39 Å². The first-order valence-electron chi connectivity index (χ1n) is 10.3. The Bertz CT molecular complexity index is 989. The van der Waals surface area contributed by atoms with Gasteiger partial charge in [-0.2, -0.15) is 0 Å². The number of anilines is 1. The molecule has 0 aliphatic carbocycles. The number of nitrogens with zero attached hydrogens (tertiary/aromatic N) is 2. The Balaban J connectivity index is 1.28. The van der Waals surface area contributed by atoms with Gasteiger partial charge in [0.2, 0.25) is 5.91 Å². The van der Waals surface area contributed by atoms with Gasteiger partial charge in [0.15, 0.2) is 0 Å². The number of hydrogen-bond acceptors (Lipinski definition) is 5. The Hall–Kier alpha value is -2.35. The zero-order valence-corrected chi connectivity index (χ0v) is 17.7. The van der Waals surface area contributed by atoms with Crippen LogP contribution < -0.4 is 15.5 Å². The van der Waals surface area contributed by atoms with Crippen LogP contribution in [0.15, 0.2) is 53.9 Å². The number of amides is 1. The van der Waals surface area contributed by atoms with E-state index in [1.165, 1.54) is 22.8 Å². The highest BCUT2D eigenvalue weighted by Crippen LogP contribution is 2.38. The number of piperazine rings is 1. The fourth-order valence-electron chi connectivity index (χ4n) is 4.48. The summed E-state index contributed by atoms with van der Waals surface area (Å²) in [6.45, 7) is 5.03. The lowest BCUT2D eigenvalue weighted by molar-refractivity contribution is -0.125. The summed E-state index contributed by atoms with van der Waals surface area (Å²) in [7, 11) is 0. The Kier molecular flexibility index (Phi) is 5.26. The van der Waals surface area contributed by atoms with Crippen molar-refractivity contribution in [2.75, 3.05) is 31.1 Å². The van der Waals surface area contributed by atoms with Gasteiger partial charge in [-0.1, -0.05) is 42.0 Å². The summed E-state index contributed by atoms with van der Waals surface area (Å²) in [5, 5.41) is 8.78. The fraction of sp³-hybridized carbons (Fsp3) is 0.348. The zero-order chi connectivity index (χ0) is 20.7. The average molecular weight is 425 g/mol. The number of benzene rings is 2. The Labute approximate surface area is 180 Å². The van der Waals surface area contributed by atoms with Gasteiger partial charge < -0.3 is 10.2 Å². The molecule has 2 aromatic rings. The topological polar surface area (TPSA) is 47.6 Å². The number of aryl methyl sites for hydroxylation is 1. The number of fused-ring (bicyclic) bond motifs is 1. The van der Waals surface area contributed by atoms with E-state index in [0.717, 1.165) is 26.2 Å². The molecular formula is C23H25FN4OS. The molecule has 3 heterocycles. The van der Waals surface area contributed by atoms with Crippen LogP contribution >= 0.6 is 11.8 Å². The number of nitrogens with one attached hydrogen (secondary N) is 2. The molecule has 3 unspecified atom stereocenters. The predicted octanol–water partition coefficient (Wildman–Crippen LogP) is 2.78. The second kappa shape index (κ2) is 8.06. The molecule has 0 aromatic heterocycles. The molecule has 2 N–H and O–H groups in total. The molecule has 0 bridgehead atoms. The summed E-state index contributed by atoms with van der Waals surface area (Å²) in [5.74, 6) is -0.113. The molecule has 5 rings (SSSR count). The maximum atomic E-state index is 14.1. The standard InChI is InChI=1S/C23H25FN4OS/c1-15-5-4-6-16(13-15)17-14-30-21-20(17)25-23(26-22(21)29)28-11-9-27(10-12-28)19-8-3-2-7-18(19)24/h2-8,13-14,20-21,23,25H,9-12H2,1H3,(H,26,29). The molecule has 0 radical (unpaired) electrons. The van der Waals surface area contributed by atoms with Gasteiger partial charge in [0.1, 0.15) is 17.4 Å². The van der Waals surface area contributed by atoms with Gasteiger partial charge in [0, 0.05) is 26.2 Å². The van der Waals surface area contributed by atoms with E-state index in [9.17, 15) is 9.18 Å². The first-order valence-corrected chi connectivity index (χ1v) is 11.3. The van der Waals surface area contributed by atoms with Crippen LogP contribution in [0.5, 0.6) is 0 Å². The number of hydrogen-bond donors (Lipinski definition) is 2. The van der Waals surface area contributed by atoms with Crippen molar-refractivity contribution in [3.63, 3.8) is 0 Å².